The van der Waals surface area contributed by atoms with Crippen LogP contribution in [0.25, 0.3) is 22.6 Å². The van der Waals surface area contributed by atoms with E-state index < -0.39 is 6.04 Å². The summed E-state index contributed by atoms with van der Waals surface area (Å²) in [4.78, 5) is 33.0. The number of rotatable bonds is 10. The van der Waals surface area contributed by atoms with Gasteiger partial charge in [0.25, 0.3) is 5.56 Å². The number of nitrogens with two attached hydrogens (primary N) is 1. The molecule has 0 saturated carbocycles. The fourth-order valence-electron chi connectivity index (χ4n) is 3.65. The summed E-state index contributed by atoms with van der Waals surface area (Å²) in [5, 5.41) is 23.4. The fourth-order valence-corrected chi connectivity index (χ4v) is 3.65. The number of hydrogen-bond donors (Lipinski definition) is 3. The highest BCUT2D eigenvalue weighted by molar-refractivity contribution is 5.81. The second-order valence-electron chi connectivity index (χ2n) is 8.50. The van der Waals surface area contributed by atoms with Gasteiger partial charge in [0.05, 0.1) is 48.9 Å². The summed E-state index contributed by atoms with van der Waals surface area (Å²) in [6, 6.07) is 19.4. The monoisotopic (exact) mass is 541 g/mol. The first-order valence-electron chi connectivity index (χ1n) is 12.6. The van der Waals surface area contributed by atoms with Gasteiger partial charge >= 0.3 is 0 Å². The largest absolute Gasteiger partial charge is 0.489 e. The summed E-state index contributed by atoms with van der Waals surface area (Å²) >= 11 is 0. The molecule has 0 bridgehead atoms. The van der Waals surface area contributed by atoms with Crippen LogP contribution in [0.4, 0.5) is 0 Å². The SMILES string of the molecule is CCC(N)C(=O)NCCOc1cnc(-c2cccc(Cn3nc(-c4cccc(C#N)c4)ccc3=O)c2)nc1.CO. The molecule has 1 atom stereocenters. The third-order valence-electron chi connectivity index (χ3n) is 5.75. The first kappa shape index (κ1) is 29.6. The molecule has 0 aliphatic rings. The van der Waals surface area contributed by atoms with Gasteiger partial charge in [0.1, 0.15) is 6.61 Å². The highest BCUT2D eigenvalue weighted by atomic mass is 16.5. The van der Waals surface area contributed by atoms with Crippen LogP contribution in [-0.2, 0) is 11.3 Å². The number of hydrogen-bond acceptors (Lipinski definition) is 9. The maximum Gasteiger partial charge on any atom is 0.267 e. The second-order valence-corrected chi connectivity index (χ2v) is 8.50. The van der Waals surface area contributed by atoms with E-state index in [1.54, 1.807) is 36.7 Å². The van der Waals surface area contributed by atoms with Crippen molar-refractivity contribution in [2.75, 3.05) is 20.3 Å². The molecule has 2 heterocycles. The Balaban J connectivity index is 0.00000216. The Kier molecular flexibility index (Phi) is 11.0. The van der Waals surface area contributed by atoms with Crippen molar-refractivity contribution >= 4 is 5.91 Å². The summed E-state index contributed by atoms with van der Waals surface area (Å²) in [6.07, 6.45) is 3.71. The highest BCUT2D eigenvalue weighted by Crippen LogP contribution is 2.20. The lowest BCUT2D eigenvalue weighted by Gasteiger charge is -2.11. The molecule has 0 saturated heterocycles. The van der Waals surface area contributed by atoms with Crippen molar-refractivity contribution in [2.45, 2.75) is 25.9 Å². The molecule has 4 aromatic rings. The molecule has 0 radical (unpaired) electrons. The minimum atomic E-state index is -0.520. The molecule has 1 amide bonds. The van der Waals surface area contributed by atoms with E-state index in [9.17, 15) is 9.59 Å². The second kappa shape index (κ2) is 14.9. The summed E-state index contributed by atoms with van der Waals surface area (Å²) in [5.74, 6) is 0.774. The van der Waals surface area contributed by atoms with Gasteiger partial charge in [0.2, 0.25) is 5.91 Å². The number of nitrogens with one attached hydrogen (secondary N) is 1. The Bertz CT molecular complexity index is 1510. The van der Waals surface area contributed by atoms with Crippen LogP contribution in [0.3, 0.4) is 0 Å². The Morgan fingerprint density at radius 2 is 1.82 bits per heavy atom. The number of ether oxygens (including phenoxy) is 1. The van der Waals surface area contributed by atoms with Crippen molar-refractivity contribution in [3.63, 3.8) is 0 Å². The van der Waals surface area contributed by atoms with Gasteiger partial charge in [-0.25, -0.2) is 14.6 Å². The molecule has 206 valence electrons. The molecule has 0 spiro atoms. The Hall–Kier alpha value is -4.92. The van der Waals surface area contributed by atoms with Crippen molar-refractivity contribution in [1.82, 2.24) is 25.1 Å². The van der Waals surface area contributed by atoms with E-state index in [1.165, 1.54) is 10.7 Å². The van der Waals surface area contributed by atoms with E-state index in [1.807, 2.05) is 37.3 Å². The van der Waals surface area contributed by atoms with Gasteiger partial charge in [-0.1, -0.05) is 37.3 Å². The molecule has 4 rings (SSSR count). The molecule has 11 heteroatoms. The summed E-state index contributed by atoms with van der Waals surface area (Å²) < 4.78 is 6.98. The first-order valence-corrected chi connectivity index (χ1v) is 12.6. The zero-order valence-electron chi connectivity index (χ0n) is 22.3. The number of aliphatic hydroxyl groups is 1. The van der Waals surface area contributed by atoms with Crippen LogP contribution < -0.4 is 21.3 Å². The summed E-state index contributed by atoms with van der Waals surface area (Å²) in [7, 11) is 1.00. The number of aromatic nitrogens is 4. The molecule has 2 aromatic carbocycles. The summed E-state index contributed by atoms with van der Waals surface area (Å²) in [6.45, 7) is 2.70. The maximum absolute atomic E-state index is 12.5. The average molecular weight is 542 g/mol. The van der Waals surface area contributed by atoms with Crippen molar-refractivity contribution < 1.29 is 14.6 Å². The van der Waals surface area contributed by atoms with E-state index >= 15 is 0 Å². The predicted molar refractivity (Wildman–Crippen MR) is 150 cm³/mol. The number of aliphatic hydroxyl groups excluding tert-OH is 1. The number of nitrogens with zero attached hydrogens (tertiary/aromatic N) is 5. The van der Waals surface area contributed by atoms with Crippen molar-refractivity contribution in [1.29, 1.82) is 5.26 Å². The molecule has 40 heavy (non-hydrogen) atoms. The van der Waals surface area contributed by atoms with Crippen molar-refractivity contribution in [2.24, 2.45) is 5.73 Å². The van der Waals surface area contributed by atoms with E-state index in [0.717, 1.165) is 23.8 Å². The molecule has 2 aromatic heterocycles. The Labute approximate surface area is 231 Å². The van der Waals surface area contributed by atoms with Crippen LogP contribution >= 0.6 is 0 Å². The van der Waals surface area contributed by atoms with Gasteiger partial charge in [0.15, 0.2) is 11.6 Å². The molecule has 1 unspecified atom stereocenters. The molecular formula is C29H31N7O4. The zero-order valence-corrected chi connectivity index (χ0v) is 22.3. The Morgan fingerprint density at radius 1 is 1.10 bits per heavy atom. The van der Waals surface area contributed by atoms with E-state index in [0.29, 0.717) is 35.8 Å². The van der Waals surface area contributed by atoms with Crippen molar-refractivity contribution in [3.8, 4) is 34.5 Å². The first-order chi connectivity index (χ1) is 19.5. The molecule has 0 aliphatic carbocycles. The van der Waals surface area contributed by atoms with Gasteiger partial charge in [-0.2, -0.15) is 10.4 Å². The smallest absolute Gasteiger partial charge is 0.267 e. The lowest BCUT2D eigenvalue weighted by Crippen LogP contribution is -2.41. The van der Waals surface area contributed by atoms with E-state index in [4.69, 9.17) is 20.8 Å². The third-order valence-corrected chi connectivity index (χ3v) is 5.75. The van der Waals surface area contributed by atoms with Gasteiger partial charge in [-0.05, 0) is 36.2 Å². The van der Waals surface area contributed by atoms with Crippen molar-refractivity contribution in [3.05, 3.63) is 94.5 Å². The molecule has 0 fully saturated rings. The number of carbonyl (C=O) groups is 1. The van der Waals surface area contributed by atoms with Crippen LogP contribution in [0, 0.1) is 11.3 Å². The maximum atomic E-state index is 12.5. The summed E-state index contributed by atoms with van der Waals surface area (Å²) in [5.41, 5.74) is 8.96. The molecular weight excluding hydrogens is 510 g/mol. The van der Waals surface area contributed by atoms with E-state index in [-0.39, 0.29) is 24.6 Å². The van der Waals surface area contributed by atoms with Crippen LogP contribution in [0.15, 0.2) is 77.9 Å². The van der Waals surface area contributed by atoms with Gasteiger partial charge in [-0.3, -0.25) is 9.59 Å². The predicted octanol–water partition coefficient (Wildman–Crippen LogP) is 2.13. The van der Waals surface area contributed by atoms with Gasteiger partial charge < -0.3 is 20.9 Å². The lowest BCUT2D eigenvalue weighted by molar-refractivity contribution is -0.122. The third kappa shape index (κ3) is 8.04. The lowest BCUT2D eigenvalue weighted by atomic mass is 10.1. The standard InChI is InChI=1S/C28H27N7O3.CH4O/c1-2-24(30)28(37)31-11-12-38-23-16-32-27(33-17-23)22-8-4-6-20(14-22)18-35-26(36)10-9-25(34-35)21-7-3-5-19(13-21)15-29;1-2/h3-10,13-14,16-17,24H,2,11-12,18,30H2,1H3,(H,31,37);2H,1H3. The number of carbonyl (C=O) groups excluding carboxylic acids is 1. The van der Waals surface area contributed by atoms with Crippen LogP contribution in [-0.4, -0.2) is 57.1 Å². The van der Waals surface area contributed by atoms with Crippen LogP contribution in [0.2, 0.25) is 0 Å². The quantitative estimate of drug-likeness (QED) is 0.255. The zero-order chi connectivity index (χ0) is 28.9. The van der Waals surface area contributed by atoms with E-state index in [2.05, 4.69) is 26.5 Å². The average Bonchev–Trinajstić information content (AvgIpc) is 3.01. The minimum absolute atomic E-state index is 0.208. The van der Waals surface area contributed by atoms with Gasteiger partial charge in [-0.15, -0.1) is 0 Å². The van der Waals surface area contributed by atoms with Crippen LogP contribution in [0.1, 0.15) is 24.5 Å². The fraction of sp³-hybridized carbons (Fsp3) is 0.241. The topological polar surface area (TPSA) is 169 Å². The molecule has 0 aliphatic heterocycles. The number of benzene rings is 2. The normalized spacial score (nSPS) is 11.0. The minimum Gasteiger partial charge on any atom is -0.489 e. The Morgan fingerprint density at radius 3 is 2.55 bits per heavy atom. The number of nitriles is 1. The van der Waals surface area contributed by atoms with Crippen LogP contribution in [0.5, 0.6) is 5.75 Å². The molecule has 11 nitrogen and oxygen atoms in total. The molecule has 4 N–H and O–H groups in total. The highest BCUT2D eigenvalue weighted by Gasteiger charge is 2.10. The number of amides is 1. The van der Waals surface area contributed by atoms with Gasteiger partial charge in [0, 0.05) is 24.3 Å².